The topological polar surface area (TPSA) is 43.4 Å². The van der Waals surface area contributed by atoms with Gasteiger partial charge in [0, 0.05) is 0 Å². The number of likely N-dealkylation sites (N-methyl/N-ethyl adjacent to an activating group) is 1. The van der Waals surface area contributed by atoms with Crippen LogP contribution >= 0.6 is 0 Å². The van der Waals surface area contributed by atoms with Gasteiger partial charge in [0.05, 0.1) is 26.9 Å². The summed E-state index contributed by atoms with van der Waals surface area (Å²) in [5, 5.41) is 0. The van der Waals surface area contributed by atoms with Gasteiger partial charge in [-0.1, -0.05) is 0 Å². The van der Waals surface area contributed by atoms with Crippen molar-refractivity contribution in [3.63, 3.8) is 0 Å². The Morgan fingerprint density at radius 3 is 2.14 bits per heavy atom. The number of hydrogen-bond acceptors (Lipinski definition) is 3. The standard InChI is InChI=1S/C8H18NO3S.HI/c1-7-12-8(5-9(2,3)4)6-13(7,10)11;/h7-8H,5-6H2,1-4H3;1H/q+1;/p-1/t7-,8-;/m0./s1. The van der Waals surface area contributed by atoms with Crippen LogP contribution in [0.3, 0.4) is 0 Å². The maximum absolute atomic E-state index is 11.3. The zero-order valence-electron chi connectivity index (χ0n) is 9.03. The highest BCUT2D eigenvalue weighted by molar-refractivity contribution is 7.92. The van der Waals surface area contributed by atoms with E-state index in [1.165, 1.54) is 0 Å². The van der Waals surface area contributed by atoms with Crippen LogP contribution in [0.1, 0.15) is 6.92 Å². The van der Waals surface area contributed by atoms with Crippen molar-refractivity contribution in [2.24, 2.45) is 0 Å². The van der Waals surface area contributed by atoms with Crippen LogP contribution in [-0.2, 0) is 14.6 Å². The molecule has 1 heterocycles. The molecule has 1 aliphatic heterocycles. The summed E-state index contributed by atoms with van der Waals surface area (Å²) in [6.45, 7) is 2.34. The minimum absolute atomic E-state index is 0. The Labute approximate surface area is 103 Å². The van der Waals surface area contributed by atoms with Crippen LogP contribution in [0, 0.1) is 0 Å². The SMILES string of the molecule is C[C@H]1O[C@@H](C[N+](C)(C)C)CS1(=O)=O.[I-]. The average Bonchev–Trinajstić information content (AvgIpc) is 2.01. The lowest BCUT2D eigenvalue weighted by Crippen LogP contribution is -3.00. The van der Waals surface area contributed by atoms with E-state index < -0.39 is 15.3 Å². The molecule has 6 heteroatoms. The van der Waals surface area contributed by atoms with Crippen molar-refractivity contribution >= 4 is 9.84 Å². The Bertz CT molecular complexity index is 283. The zero-order valence-corrected chi connectivity index (χ0v) is 12.0. The van der Waals surface area contributed by atoms with Crippen molar-refractivity contribution < 1.29 is 41.6 Å². The fourth-order valence-corrected chi connectivity index (χ4v) is 2.80. The predicted molar refractivity (Wildman–Crippen MR) is 51.0 cm³/mol. The molecule has 0 aliphatic carbocycles. The van der Waals surface area contributed by atoms with E-state index in [-0.39, 0.29) is 35.8 Å². The summed E-state index contributed by atoms with van der Waals surface area (Å²) in [4.78, 5) is 0. The quantitative estimate of drug-likeness (QED) is 0.396. The van der Waals surface area contributed by atoms with Gasteiger partial charge in [-0.2, -0.15) is 0 Å². The molecule has 0 unspecified atom stereocenters. The predicted octanol–water partition coefficient (Wildman–Crippen LogP) is -3.14. The Kier molecular flexibility index (Phi) is 4.83. The van der Waals surface area contributed by atoms with Gasteiger partial charge in [-0.15, -0.1) is 0 Å². The summed E-state index contributed by atoms with van der Waals surface area (Å²) >= 11 is 0. The molecule has 1 fully saturated rings. The van der Waals surface area contributed by atoms with E-state index in [0.717, 1.165) is 11.0 Å². The monoisotopic (exact) mass is 335 g/mol. The van der Waals surface area contributed by atoms with Crippen LogP contribution in [0.2, 0.25) is 0 Å². The van der Waals surface area contributed by atoms with E-state index in [0.29, 0.717) is 0 Å². The first-order valence-corrected chi connectivity index (χ1v) is 6.10. The Hall–Kier alpha value is 0.600. The minimum Gasteiger partial charge on any atom is -1.00 e. The highest BCUT2D eigenvalue weighted by atomic mass is 127. The van der Waals surface area contributed by atoms with Crippen LogP contribution in [0.5, 0.6) is 0 Å². The molecule has 2 atom stereocenters. The molecule has 0 aromatic rings. The molecule has 0 spiro atoms. The van der Waals surface area contributed by atoms with Crippen molar-refractivity contribution in [2.75, 3.05) is 33.4 Å². The van der Waals surface area contributed by atoms with E-state index in [1.807, 2.05) is 21.1 Å². The second-order valence-electron chi connectivity index (χ2n) is 4.63. The third kappa shape index (κ3) is 4.00. The Morgan fingerprint density at radius 1 is 1.36 bits per heavy atom. The summed E-state index contributed by atoms with van der Waals surface area (Å²) < 4.78 is 28.7. The lowest BCUT2D eigenvalue weighted by atomic mass is 10.3. The maximum atomic E-state index is 11.3. The van der Waals surface area contributed by atoms with Gasteiger partial charge in [-0.3, -0.25) is 0 Å². The summed E-state index contributed by atoms with van der Waals surface area (Å²) in [6.07, 6.45) is -0.139. The molecule has 1 aliphatic rings. The first-order chi connectivity index (χ1) is 5.71. The van der Waals surface area contributed by atoms with Crippen LogP contribution < -0.4 is 24.0 Å². The number of halogens is 1. The van der Waals surface area contributed by atoms with Crippen molar-refractivity contribution in [3.05, 3.63) is 0 Å². The number of sulfone groups is 1. The van der Waals surface area contributed by atoms with Gasteiger partial charge in [0.15, 0.2) is 15.3 Å². The Morgan fingerprint density at radius 2 is 1.86 bits per heavy atom. The summed E-state index contributed by atoms with van der Waals surface area (Å²) in [7, 11) is 3.10. The number of nitrogens with zero attached hydrogens (tertiary/aromatic N) is 1. The molecule has 1 rings (SSSR count). The van der Waals surface area contributed by atoms with Crippen molar-refractivity contribution in [1.29, 1.82) is 0 Å². The largest absolute Gasteiger partial charge is 1.00 e. The molecule has 0 aromatic heterocycles. The van der Waals surface area contributed by atoms with E-state index in [9.17, 15) is 8.42 Å². The first kappa shape index (κ1) is 14.6. The van der Waals surface area contributed by atoms with E-state index in [2.05, 4.69) is 0 Å². The van der Waals surface area contributed by atoms with Crippen LogP contribution in [-0.4, -0.2) is 57.9 Å². The first-order valence-electron chi connectivity index (χ1n) is 4.38. The highest BCUT2D eigenvalue weighted by Crippen LogP contribution is 2.19. The van der Waals surface area contributed by atoms with E-state index in [1.54, 1.807) is 6.92 Å². The molecule has 0 amide bonds. The molecule has 1 saturated heterocycles. The summed E-state index contributed by atoms with van der Waals surface area (Å²) in [6, 6.07) is 0. The van der Waals surface area contributed by atoms with Crippen LogP contribution in [0.25, 0.3) is 0 Å². The number of ether oxygens (including phenoxy) is 1. The second-order valence-corrected chi connectivity index (χ2v) is 6.95. The minimum atomic E-state index is -2.98. The molecule has 86 valence electrons. The maximum Gasteiger partial charge on any atom is 0.179 e. The van der Waals surface area contributed by atoms with Gasteiger partial charge in [-0.05, 0) is 6.92 Å². The van der Waals surface area contributed by atoms with Crippen molar-refractivity contribution in [1.82, 2.24) is 0 Å². The lowest BCUT2D eigenvalue weighted by Gasteiger charge is -2.26. The summed E-state index contributed by atoms with van der Waals surface area (Å²) in [5.41, 5.74) is -0.621. The third-order valence-electron chi connectivity index (χ3n) is 2.06. The fourth-order valence-electron chi connectivity index (χ4n) is 1.50. The Balaban J connectivity index is 0.00000169. The van der Waals surface area contributed by atoms with Gasteiger partial charge >= 0.3 is 0 Å². The van der Waals surface area contributed by atoms with Gasteiger partial charge in [0.1, 0.15) is 12.6 Å². The number of rotatable bonds is 2. The normalized spacial score (nSPS) is 31.1. The van der Waals surface area contributed by atoms with Gasteiger partial charge in [0.2, 0.25) is 0 Å². The van der Waals surface area contributed by atoms with Crippen molar-refractivity contribution in [3.8, 4) is 0 Å². The van der Waals surface area contributed by atoms with Gasteiger partial charge in [-0.25, -0.2) is 8.42 Å². The van der Waals surface area contributed by atoms with Crippen LogP contribution in [0.4, 0.5) is 0 Å². The number of quaternary nitrogens is 1. The van der Waals surface area contributed by atoms with Gasteiger partial charge in [0.25, 0.3) is 0 Å². The average molecular weight is 335 g/mol. The molecular formula is C8H18INO3S. The molecule has 0 saturated carbocycles. The van der Waals surface area contributed by atoms with Crippen molar-refractivity contribution in [2.45, 2.75) is 18.5 Å². The van der Waals surface area contributed by atoms with E-state index >= 15 is 0 Å². The van der Waals surface area contributed by atoms with Crippen LogP contribution in [0.15, 0.2) is 0 Å². The third-order valence-corrected chi connectivity index (χ3v) is 4.02. The molecular weight excluding hydrogens is 317 g/mol. The fraction of sp³-hybridized carbons (Fsp3) is 1.00. The highest BCUT2D eigenvalue weighted by Gasteiger charge is 2.38. The smallest absolute Gasteiger partial charge is 0.179 e. The molecule has 0 bridgehead atoms. The zero-order chi connectivity index (χ0) is 10.3. The number of hydrogen-bond donors (Lipinski definition) is 0. The molecule has 4 nitrogen and oxygen atoms in total. The molecule has 0 radical (unpaired) electrons. The van der Waals surface area contributed by atoms with Gasteiger partial charge < -0.3 is 33.2 Å². The molecule has 0 N–H and O–H groups in total. The molecule has 0 aromatic carbocycles. The van der Waals surface area contributed by atoms with E-state index in [4.69, 9.17) is 4.74 Å². The molecule has 14 heavy (non-hydrogen) atoms. The summed E-state index contributed by atoms with van der Waals surface area (Å²) in [5.74, 6) is 0.170. The second kappa shape index (κ2) is 4.63. The lowest BCUT2D eigenvalue weighted by molar-refractivity contribution is -0.873.